The van der Waals surface area contributed by atoms with Gasteiger partial charge in [0.2, 0.25) is 0 Å². The summed E-state index contributed by atoms with van der Waals surface area (Å²) in [5.74, 6) is 1.11. The second-order valence-corrected chi connectivity index (χ2v) is 7.33. The molecule has 0 fully saturated rings. The molecule has 0 atom stereocenters. The molecule has 0 saturated heterocycles. The van der Waals surface area contributed by atoms with E-state index in [-0.39, 0.29) is 5.91 Å². The number of rotatable bonds is 6. The minimum atomic E-state index is -0.185. The van der Waals surface area contributed by atoms with Gasteiger partial charge in [0.15, 0.2) is 11.5 Å². The molecule has 2 heterocycles. The van der Waals surface area contributed by atoms with Gasteiger partial charge >= 0.3 is 0 Å². The van der Waals surface area contributed by atoms with Gasteiger partial charge in [0.05, 0.1) is 11.3 Å². The number of hydrogen-bond acceptors (Lipinski definition) is 6. The molecule has 5 rings (SSSR count). The van der Waals surface area contributed by atoms with E-state index in [0.717, 1.165) is 5.56 Å². The van der Waals surface area contributed by atoms with Crippen molar-refractivity contribution >= 4 is 17.7 Å². The number of hydrogen-bond donors (Lipinski definition) is 0. The summed E-state index contributed by atoms with van der Waals surface area (Å²) in [6.45, 7) is 1.34. The number of ether oxygens (including phenoxy) is 2. The summed E-state index contributed by atoms with van der Waals surface area (Å²) in [4.78, 5) is 15.5. The smallest absolute Gasteiger partial charge is 0.260 e. The Balaban J connectivity index is 1.51. The van der Waals surface area contributed by atoms with E-state index < -0.39 is 0 Å². The highest BCUT2D eigenvalue weighted by Gasteiger charge is 2.23. The van der Waals surface area contributed by atoms with Crippen molar-refractivity contribution < 1.29 is 14.3 Å². The lowest BCUT2D eigenvalue weighted by atomic mass is 10.1. The first-order chi connectivity index (χ1) is 16.3. The summed E-state index contributed by atoms with van der Waals surface area (Å²) in [7, 11) is 0. The van der Waals surface area contributed by atoms with Crippen LogP contribution in [0.15, 0.2) is 85.2 Å². The summed E-state index contributed by atoms with van der Waals surface area (Å²) in [6.07, 6.45) is 5.42. The molecule has 0 spiro atoms. The normalized spacial score (nSPS) is 12.6. The fourth-order valence-electron chi connectivity index (χ4n) is 3.64. The maximum atomic E-state index is 13.8. The second kappa shape index (κ2) is 9.35. The van der Waals surface area contributed by atoms with Gasteiger partial charge in [-0.15, -0.1) is 5.10 Å². The second-order valence-electron chi connectivity index (χ2n) is 7.33. The van der Waals surface area contributed by atoms with Crippen LogP contribution in [0.3, 0.4) is 0 Å². The number of nitrogens with zero attached hydrogens (tertiary/aromatic N) is 5. The van der Waals surface area contributed by atoms with Crippen LogP contribution in [0.2, 0.25) is 0 Å². The number of fused-ring (bicyclic) bond motifs is 1. The van der Waals surface area contributed by atoms with Crippen molar-refractivity contribution in [2.75, 3.05) is 24.7 Å². The molecule has 0 unspecified atom stereocenters. The Morgan fingerprint density at radius 1 is 0.970 bits per heavy atom. The lowest BCUT2D eigenvalue weighted by molar-refractivity contribution is 0.0989. The zero-order valence-corrected chi connectivity index (χ0v) is 17.7. The Labute approximate surface area is 190 Å². The Hall–Kier alpha value is -4.46. The minimum absolute atomic E-state index is 0.185. The van der Waals surface area contributed by atoms with Gasteiger partial charge in [-0.25, -0.2) is 0 Å². The third kappa shape index (κ3) is 4.45. The van der Waals surface area contributed by atoms with Crippen molar-refractivity contribution in [3.8, 4) is 17.2 Å². The minimum Gasteiger partial charge on any atom is -0.486 e. The zero-order chi connectivity index (χ0) is 22.5. The average molecular weight is 439 g/mol. The number of aromatic nitrogens is 4. The van der Waals surface area contributed by atoms with Gasteiger partial charge in [0.25, 0.3) is 5.91 Å². The van der Waals surface area contributed by atoms with E-state index >= 15 is 0 Å². The number of carbonyl (C=O) groups is 1. The molecule has 33 heavy (non-hydrogen) atoms. The summed E-state index contributed by atoms with van der Waals surface area (Å²) >= 11 is 0. The molecule has 0 radical (unpaired) electrons. The highest BCUT2D eigenvalue weighted by Crippen LogP contribution is 2.34. The van der Waals surface area contributed by atoms with Gasteiger partial charge in [0.1, 0.15) is 19.5 Å². The van der Waals surface area contributed by atoms with Crippen LogP contribution in [0.5, 0.6) is 11.5 Å². The molecular formula is C25H21N5O3. The highest BCUT2D eigenvalue weighted by molar-refractivity contribution is 6.08. The molecule has 1 aliphatic heterocycles. The van der Waals surface area contributed by atoms with E-state index in [4.69, 9.17) is 9.47 Å². The number of amides is 1. The molecular weight excluding hydrogens is 418 g/mol. The number of benzene rings is 3. The summed E-state index contributed by atoms with van der Waals surface area (Å²) < 4.78 is 12.9. The van der Waals surface area contributed by atoms with Crippen LogP contribution in [-0.4, -0.2) is 45.9 Å². The van der Waals surface area contributed by atoms with E-state index in [1.54, 1.807) is 11.0 Å². The number of tetrazole rings is 1. The maximum absolute atomic E-state index is 13.8. The average Bonchev–Trinajstić information content (AvgIpc) is 3.42. The molecule has 0 bridgehead atoms. The molecule has 0 saturated carbocycles. The molecule has 1 aliphatic rings. The van der Waals surface area contributed by atoms with Crippen LogP contribution >= 0.6 is 0 Å². The van der Waals surface area contributed by atoms with Crippen molar-refractivity contribution in [1.29, 1.82) is 0 Å². The van der Waals surface area contributed by atoms with Gasteiger partial charge < -0.3 is 14.4 Å². The quantitative estimate of drug-likeness (QED) is 0.455. The van der Waals surface area contributed by atoms with Gasteiger partial charge in [-0.2, -0.15) is 4.68 Å². The third-order valence-corrected chi connectivity index (χ3v) is 5.21. The topological polar surface area (TPSA) is 82.4 Å². The van der Waals surface area contributed by atoms with Crippen LogP contribution in [0.1, 0.15) is 15.9 Å². The molecule has 0 N–H and O–H groups in total. The number of anilines is 1. The van der Waals surface area contributed by atoms with E-state index in [1.165, 1.54) is 11.0 Å². The monoisotopic (exact) mass is 439 g/mol. The maximum Gasteiger partial charge on any atom is 0.260 e. The molecule has 164 valence electrons. The van der Waals surface area contributed by atoms with E-state index in [0.29, 0.717) is 48.2 Å². The first-order valence-electron chi connectivity index (χ1n) is 10.5. The highest BCUT2D eigenvalue weighted by atomic mass is 16.6. The van der Waals surface area contributed by atoms with Crippen molar-refractivity contribution in [3.63, 3.8) is 0 Å². The first kappa shape index (κ1) is 20.4. The SMILES string of the molecule is O=C(c1ccccc1-n1cnnn1)N(CC=Cc1ccccc1)c1ccc2c(c1)OCCO2. The molecule has 8 nitrogen and oxygen atoms in total. The largest absolute Gasteiger partial charge is 0.486 e. The van der Waals surface area contributed by atoms with Crippen LogP contribution < -0.4 is 14.4 Å². The summed E-state index contributed by atoms with van der Waals surface area (Å²) in [6, 6.07) is 22.7. The molecule has 8 heteroatoms. The predicted octanol–water partition coefficient (Wildman–Crippen LogP) is 3.79. The fourth-order valence-corrected chi connectivity index (χ4v) is 3.64. The standard InChI is InChI=1S/C25H21N5O3/c31-25(21-10-4-5-11-22(21)30-18-26-27-28-30)29(14-6-9-19-7-2-1-3-8-19)20-12-13-23-24(17-20)33-16-15-32-23/h1-13,17-18H,14-16H2. The van der Waals surface area contributed by atoms with Crippen LogP contribution in [0.4, 0.5) is 5.69 Å². The predicted molar refractivity (Wildman–Crippen MR) is 124 cm³/mol. The molecule has 4 aromatic rings. The Morgan fingerprint density at radius 3 is 2.58 bits per heavy atom. The Bertz CT molecular complexity index is 1270. The van der Waals surface area contributed by atoms with Crippen LogP contribution in [-0.2, 0) is 0 Å². The van der Waals surface area contributed by atoms with Crippen molar-refractivity contribution in [3.05, 3.63) is 96.3 Å². The lowest BCUT2D eigenvalue weighted by Crippen LogP contribution is -2.32. The van der Waals surface area contributed by atoms with Crippen molar-refractivity contribution in [1.82, 2.24) is 20.2 Å². The van der Waals surface area contributed by atoms with Crippen LogP contribution in [0, 0.1) is 0 Å². The summed E-state index contributed by atoms with van der Waals surface area (Å²) in [5.41, 5.74) is 2.84. The van der Waals surface area contributed by atoms with E-state index in [1.807, 2.05) is 78.9 Å². The summed E-state index contributed by atoms with van der Waals surface area (Å²) in [5, 5.41) is 11.4. The zero-order valence-electron chi connectivity index (χ0n) is 17.7. The van der Waals surface area contributed by atoms with E-state index in [9.17, 15) is 4.79 Å². The molecule has 1 amide bonds. The van der Waals surface area contributed by atoms with Gasteiger partial charge in [-0.1, -0.05) is 54.6 Å². The lowest BCUT2D eigenvalue weighted by Gasteiger charge is -2.25. The Kier molecular flexibility index (Phi) is 5.79. The first-order valence-corrected chi connectivity index (χ1v) is 10.5. The molecule has 1 aromatic heterocycles. The third-order valence-electron chi connectivity index (χ3n) is 5.21. The molecule has 0 aliphatic carbocycles. The van der Waals surface area contributed by atoms with Crippen molar-refractivity contribution in [2.45, 2.75) is 0 Å². The fraction of sp³-hybridized carbons (Fsp3) is 0.120. The van der Waals surface area contributed by atoms with Crippen molar-refractivity contribution in [2.24, 2.45) is 0 Å². The van der Waals surface area contributed by atoms with Crippen LogP contribution in [0.25, 0.3) is 11.8 Å². The molecule has 3 aromatic carbocycles. The van der Waals surface area contributed by atoms with Gasteiger partial charge in [-0.05, 0) is 40.3 Å². The van der Waals surface area contributed by atoms with E-state index in [2.05, 4.69) is 15.5 Å². The Morgan fingerprint density at radius 2 is 1.76 bits per heavy atom. The number of para-hydroxylation sites is 1. The number of carbonyl (C=O) groups excluding carboxylic acids is 1. The van der Waals surface area contributed by atoms with Gasteiger partial charge in [0, 0.05) is 18.3 Å². The van der Waals surface area contributed by atoms with Gasteiger partial charge in [-0.3, -0.25) is 4.79 Å².